The van der Waals surface area contributed by atoms with Gasteiger partial charge in [0, 0.05) is 13.5 Å². The Morgan fingerprint density at radius 2 is 2.25 bits per heavy atom. The first kappa shape index (κ1) is 18.0. The first-order valence-electron chi connectivity index (χ1n) is 8.26. The molecule has 24 heavy (non-hydrogen) atoms. The summed E-state index contributed by atoms with van der Waals surface area (Å²) in [6, 6.07) is -1.32. The Kier molecular flexibility index (Phi) is 5.94. The minimum Gasteiger partial charge on any atom is -0.448 e. The summed E-state index contributed by atoms with van der Waals surface area (Å²) in [6.07, 6.45) is 4.75. The Labute approximate surface area is 140 Å². The molecule has 8 heteroatoms. The molecule has 1 saturated heterocycles. The average Bonchev–Trinajstić information content (AvgIpc) is 3.19. The van der Waals surface area contributed by atoms with Crippen LogP contribution in [0.15, 0.2) is 10.7 Å². The zero-order chi connectivity index (χ0) is 17.7. The number of unbranched alkanes of at least 4 members (excludes halogenated alkanes) is 1. The van der Waals surface area contributed by atoms with Gasteiger partial charge in [0.25, 0.3) is 5.91 Å². The van der Waals surface area contributed by atoms with Gasteiger partial charge in [-0.1, -0.05) is 19.8 Å². The monoisotopic (exact) mass is 336 g/mol. The van der Waals surface area contributed by atoms with Crippen LogP contribution in [0.3, 0.4) is 0 Å². The number of hydrogen-bond acceptors (Lipinski definition) is 5. The molecule has 1 aromatic heterocycles. The lowest BCUT2D eigenvalue weighted by atomic mass is 10.1. The molecule has 2 rings (SSSR count). The summed E-state index contributed by atoms with van der Waals surface area (Å²) in [6.45, 7) is 4.12. The summed E-state index contributed by atoms with van der Waals surface area (Å²) in [5.41, 5.74) is 5.54. The van der Waals surface area contributed by atoms with Gasteiger partial charge >= 0.3 is 0 Å². The Hall–Kier alpha value is -2.38. The predicted octanol–water partition coefficient (Wildman–Crippen LogP) is 0.748. The van der Waals surface area contributed by atoms with Gasteiger partial charge in [0.2, 0.25) is 11.8 Å². The predicted molar refractivity (Wildman–Crippen MR) is 85.9 cm³/mol. The van der Waals surface area contributed by atoms with Crippen molar-refractivity contribution < 1.29 is 18.8 Å². The normalized spacial score (nSPS) is 18.4. The molecule has 1 fully saturated rings. The van der Waals surface area contributed by atoms with E-state index in [0.29, 0.717) is 25.3 Å². The molecule has 8 nitrogen and oxygen atoms in total. The van der Waals surface area contributed by atoms with Crippen LogP contribution in [0, 0.1) is 6.92 Å². The third-order valence-electron chi connectivity index (χ3n) is 4.16. The van der Waals surface area contributed by atoms with Crippen molar-refractivity contribution >= 4 is 17.7 Å². The first-order valence-corrected chi connectivity index (χ1v) is 8.26. The van der Waals surface area contributed by atoms with E-state index in [1.807, 2.05) is 6.92 Å². The maximum atomic E-state index is 12.5. The zero-order valence-electron chi connectivity index (χ0n) is 14.1. The number of likely N-dealkylation sites (tertiary alicyclic amines) is 1. The highest BCUT2D eigenvalue weighted by Gasteiger charge is 2.36. The number of aromatic nitrogens is 1. The van der Waals surface area contributed by atoms with Gasteiger partial charge in [-0.15, -0.1) is 0 Å². The summed E-state index contributed by atoms with van der Waals surface area (Å²) in [5, 5.41) is 2.68. The fourth-order valence-electron chi connectivity index (χ4n) is 2.85. The second kappa shape index (κ2) is 7.94. The van der Waals surface area contributed by atoms with Crippen molar-refractivity contribution in [1.29, 1.82) is 0 Å². The van der Waals surface area contributed by atoms with Crippen LogP contribution in [-0.2, 0) is 9.59 Å². The molecular formula is C16H24N4O4. The molecule has 2 atom stereocenters. The average molecular weight is 336 g/mol. The number of rotatable bonds is 7. The smallest absolute Gasteiger partial charge is 0.276 e. The van der Waals surface area contributed by atoms with Crippen LogP contribution >= 0.6 is 0 Å². The molecule has 3 amide bonds. The van der Waals surface area contributed by atoms with E-state index in [-0.39, 0.29) is 17.5 Å². The molecule has 0 radical (unpaired) electrons. The van der Waals surface area contributed by atoms with E-state index in [2.05, 4.69) is 10.3 Å². The Morgan fingerprint density at radius 1 is 1.50 bits per heavy atom. The fraction of sp³-hybridized carbons (Fsp3) is 0.625. The van der Waals surface area contributed by atoms with Crippen molar-refractivity contribution in [1.82, 2.24) is 15.2 Å². The minimum absolute atomic E-state index is 0.185. The van der Waals surface area contributed by atoms with Crippen molar-refractivity contribution in [2.24, 2.45) is 5.73 Å². The Bertz CT molecular complexity index is 613. The molecule has 0 aliphatic carbocycles. The molecule has 0 aromatic carbocycles. The third-order valence-corrected chi connectivity index (χ3v) is 4.16. The van der Waals surface area contributed by atoms with Crippen molar-refractivity contribution in [3.63, 3.8) is 0 Å². The summed E-state index contributed by atoms with van der Waals surface area (Å²) in [7, 11) is 0. The number of carbonyl (C=O) groups is 3. The summed E-state index contributed by atoms with van der Waals surface area (Å²) < 4.78 is 5.06. The molecule has 3 N–H and O–H groups in total. The van der Waals surface area contributed by atoms with Crippen LogP contribution in [-0.4, -0.2) is 46.2 Å². The van der Waals surface area contributed by atoms with Gasteiger partial charge in [-0.05, 0) is 19.3 Å². The lowest BCUT2D eigenvalue weighted by Gasteiger charge is -2.25. The number of oxazole rings is 1. The standard InChI is InChI=1S/C16H24N4O4/c1-3-4-6-11(14(17)21)19-15(22)13-7-5-8-20(13)16(23)12-9-24-10(2)18-12/h9,11,13H,3-8H2,1-2H3,(H2,17,21)(H,19,22)/t11?,13-/m0/s1. The molecule has 0 saturated carbocycles. The highest BCUT2D eigenvalue weighted by atomic mass is 16.3. The number of carbonyl (C=O) groups excluding carboxylic acids is 3. The van der Waals surface area contributed by atoms with Crippen LogP contribution < -0.4 is 11.1 Å². The number of aryl methyl sites for hydroxylation is 1. The van der Waals surface area contributed by atoms with E-state index in [4.69, 9.17) is 10.2 Å². The van der Waals surface area contributed by atoms with Crippen LogP contribution in [0.1, 0.15) is 55.4 Å². The van der Waals surface area contributed by atoms with Gasteiger partial charge in [-0.2, -0.15) is 0 Å². The molecule has 132 valence electrons. The Morgan fingerprint density at radius 3 is 2.83 bits per heavy atom. The molecule has 0 spiro atoms. The van der Waals surface area contributed by atoms with E-state index >= 15 is 0 Å². The number of amides is 3. The fourth-order valence-corrected chi connectivity index (χ4v) is 2.85. The molecule has 2 heterocycles. The highest BCUT2D eigenvalue weighted by Crippen LogP contribution is 2.20. The quantitative estimate of drug-likeness (QED) is 0.761. The lowest BCUT2D eigenvalue weighted by Crippen LogP contribution is -2.52. The van der Waals surface area contributed by atoms with Gasteiger partial charge in [-0.3, -0.25) is 14.4 Å². The summed E-state index contributed by atoms with van der Waals surface area (Å²) in [5.74, 6) is -0.846. The van der Waals surface area contributed by atoms with Crippen molar-refractivity contribution in [2.75, 3.05) is 6.54 Å². The van der Waals surface area contributed by atoms with E-state index in [9.17, 15) is 14.4 Å². The number of primary amides is 1. The molecule has 1 aliphatic heterocycles. The topological polar surface area (TPSA) is 119 Å². The molecule has 0 bridgehead atoms. The number of nitrogens with one attached hydrogen (secondary N) is 1. The number of nitrogens with two attached hydrogens (primary N) is 1. The van der Waals surface area contributed by atoms with Gasteiger partial charge in [0.05, 0.1) is 0 Å². The maximum Gasteiger partial charge on any atom is 0.276 e. The number of nitrogens with zero attached hydrogens (tertiary/aromatic N) is 2. The van der Waals surface area contributed by atoms with Crippen LogP contribution in [0.2, 0.25) is 0 Å². The lowest BCUT2D eigenvalue weighted by molar-refractivity contribution is -0.129. The SMILES string of the molecule is CCCCC(NC(=O)[C@@H]1CCCN1C(=O)c1coc(C)n1)C(N)=O. The second-order valence-electron chi connectivity index (χ2n) is 6.01. The Balaban J connectivity index is 2.04. The van der Waals surface area contributed by atoms with Crippen LogP contribution in [0.5, 0.6) is 0 Å². The summed E-state index contributed by atoms with van der Waals surface area (Å²) >= 11 is 0. The number of hydrogen-bond donors (Lipinski definition) is 2. The maximum absolute atomic E-state index is 12.5. The van der Waals surface area contributed by atoms with E-state index < -0.39 is 18.0 Å². The molecule has 1 aliphatic rings. The minimum atomic E-state index is -0.704. The molecule has 1 aromatic rings. The summed E-state index contributed by atoms with van der Waals surface area (Å²) in [4.78, 5) is 42.0. The highest BCUT2D eigenvalue weighted by molar-refractivity contribution is 5.97. The van der Waals surface area contributed by atoms with Crippen LogP contribution in [0.25, 0.3) is 0 Å². The molecular weight excluding hydrogens is 312 g/mol. The van der Waals surface area contributed by atoms with Crippen LogP contribution in [0.4, 0.5) is 0 Å². The van der Waals surface area contributed by atoms with Gasteiger partial charge in [0.1, 0.15) is 18.3 Å². The molecule has 1 unspecified atom stereocenters. The van der Waals surface area contributed by atoms with Gasteiger partial charge in [-0.25, -0.2) is 4.98 Å². The zero-order valence-corrected chi connectivity index (χ0v) is 14.1. The third kappa shape index (κ3) is 4.12. The van der Waals surface area contributed by atoms with Gasteiger partial charge < -0.3 is 20.4 Å². The van der Waals surface area contributed by atoms with E-state index in [1.54, 1.807) is 6.92 Å². The van der Waals surface area contributed by atoms with Gasteiger partial charge in [0.15, 0.2) is 11.6 Å². The van der Waals surface area contributed by atoms with Crippen molar-refractivity contribution in [3.05, 3.63) is 17.8 Å². The van der Waals surface area contributed by atoms with Crippen molar-refractivity contribution in [2.45, 2.75) is 58.0 Å². The van der Waals surface area contributed by atoms with E-state index in [0.717, 1.165) is 19.3 Å². The van der Waals surface area contributed by atoms with Crippen molar-refractivity contribution in [3.8, 4) is 0 Å². The largest absolute Gasteiger partial charge is 0.448 e. The van der Waals surface area contributed by atoms with E-state index in [1.165, 1.54) is 11.2 Å². The second-order valence-corrected chi connectivity index (χ2v) is 6.01. The first-order chi connectivity index (χ1) is 11.4.